The van der Waals surface area contributed by atoms with E-state index in [1.165, 1.54) is 6.33 Å². The first-order valence-corrected chi connectivity index (χ1v) is 3.77. The first-order valence-electron chi connectivity index (χ1n) is 3.77. The molecule has 64 valence electrons. The maximum atomic E-state index is 9.93. The van der Waals surface area contributed by atoms with Gasteiger partial charge in [-0.15, -0.1) is 0 Å². The van der Waals surface area contributed by atoms with Crippen molar-refractivity contribution < 1.29 is 14.5 Å². The molecular formula is C8H15O3+. The molecular weight excluding hydrogens is 144 g/mol. The van der Waals surface area contributed by atoms with Crippen LogP contribution in [0.2, 0.25) is 0 Å². The zero-order chi connectivity index (χ0) is 8.91. The molecule has 0 aromatic heterocycles. The van der Waals surface area contributed by atoms with E-state index in [-0.39, 0.29) is 0 Å². The minimum atomic E-state index is -0.560. The van der Waals surface area contributed by atoms with E-state index in [4.69, 9.17) is 9.84 Å². The molecule has 0 spiro atoms. The fourth-order valence-corrected chi connectivity index (χ4v) is 0.984. The van der Waals surface area contributed by atoms with Crippen LogP contribution >= 0.6 is 0 Å². The fourth-order valence-electron chi connectivity index (χ4n) is 0.984. The number of ether oxygens (including phenoxy) is 1. The second kappa shape index (κ2) is 4.39. The first kappa shape index (κ1) is 10.5. The summed E-state index contributed by atoms with van der Waals surface area (Å²) in [5.41, 5.74) is -0.560. The number of aliphatic hydroxyl groups is 1. The van der Waals surface area contributed by atoms with Crippen LogP contribution in [0.25, 0.3) is 0 Å². The fraction of sp³-hybridized carbons (Fsp3) is 0.875. The van der Waals surface area contributed by atoms with Crippen LogP contribution in [0.1, 0.15) is 33.6 Å². The molecule has 0 aliphatic heterocycles. The average molecular weight is 159 g/mol. The van der Waals surface area contributed by atoms with Gasteiger partial charge in [0.1, 0.15) is 0 Å². The molecule has 0 radical (unpaired) electrons. The SMILES string of the molecule is CCC(C)(CC(C)O)OC#[O+]. The third-order valence-corrected chi connectivity index (χ3v) is 1.76. The Morgan fingerprint density at radius 2 is 2.27 bits per heavy atom. The summed E-state index contributed by atoms with van der Waals surface area (Å²) in [5.74, 6) is 0. The number of aliphatic hydroxyl groups excluding tert-OH is 1. The maximum absolute atomic E-state index is 9.93. The summed E-state index contributed by atoms with van der Waals surface area (Å²) < 4.78 is 14.7. The quantitative estimate of drug-likeness (QED) is 0.628. The van der Waals surface area contributed by atoms with E-state index in [2.05, 4.69) is 0 Å². The van der Waals surface area contributed by atoms with E-state index < -0.39 is 11.7 Å². The zero-order valence-corrected chi connectivity index (χ0v) is 7.26. The van der Waals surface area contributed by atoms with Crippen LogP contribution < -0.4 is 0 Å². The van der Waals surface area contributed by atoms with Crippen molar-refractivity contribution in [2.75, 3.05) is 0 Å². The molecule has 1 N–H and O–H groups in total. The summed E-state index contributed by atoms with van der Waals surface area (Å²) in [6, 6.07) is 0. The molecule has 0 amide bonds. The first-order chi connectivity index (χ1) is 5.04. The summed E-state index contributed by atoms with van der Waals surface area (Å²) in [7, 11) is 0. The molecule has 0 heterocycles. The van der Waals surface area contributed by atoms with Crippen LogP contribution in [0.15, 0.2) is 0 Å². The van der Waals surface area contributed by atoms with Crippen LogP contribution in [0.3, 0.4) is 0 Å². The number of hydrogen-bond acceptors (Lipinski definition) is 2. The van der Waals surface area contributed by atoms with Crippen LogP contribution in [0.5, 0.6) is 0 Å². The van der Waals surface area contributed by atoms with Crippen molar-refractivity contribution in [1.29, 1.82) is 0 Å². The van der Waals surface area contributed by atoms with Gasteiger partial charge >= 0.3 is 66.1 Å². The molecule has 2 unspecified atom stereocenters. The van der Waals surface area contributed by atoms with Crippen molar-refractivity contribution in [1.82, 2.24) is 0 Å². The topological polar surface area (TPSA) is 49.4 Å². The molecule has 0 aliphatic rings. The van der Waals surface area contributed by atoms with E-state index in [1.54, 1.807) is 13.8 Å². The summed E-state index contributed by atoms with van der Waals surface area (Å²) in [6.45, 7) is 5.35. The van der Waals surface area contributed by atoms with Crippen LogP contribution in [0.4, 0.5) is 0 Å². The third-order valence-electron chi connectivity index (χ3n) is 1.76. The molecule has 0 bridgehead atoms. The Kier molecular flexibility index (Phi) is 4.19. The van der Waals surface area contributed by atoms with Gasteiger partial charge in [0, 0.05) is 0 Å². The van der Waals surface area contributed by atoms with Crippen molar-refractivity contribution in [3.05, 3.63) is 0 Å². The molecule has 3 nitrogen and oxygen atoms in total. The third kappa shape index (κ3) is 4.04. The van der Waals surface area contributed by atoms with Gasteiger partial charge in [-0.25, -0.2) is 0 Å². The monoisotopic (exact) mass is 159 g/mol. The summed E-state index contributed by atoms with van der Waals surface area (Å²) >= 11 is 0. The molecule has 0 aliphatic carbocycles. The van der Waals surface area contributed by atoms with E-state index in [0.717, 1.165) is 0 Å². The van der Waals surface area contributed by atoms with E-state index >= 15 is 0 Å². The second-order valence-corrected chi connectivity index (χ2v) is 3.04. The average Bonchev–Trinajstić information content (AvgIpc) is 1.87. The Bertz CT molecular complexity index is 148. The van der Waals surface area contributed by atoms with Gasteiger partial charge < -0.3 is 0 Å². The number of rotatable bonds is 4. The van der Waals surface area contributed by atoms with Gasteiger partial charge in [0.15, 0.2) is 0 Å². The minimum absolute atomic E-state index is 0.451. The van der Waals surface area contributed by atoms with Gasteiger partial charge in [0.2, 0.25) is 0 Å². The Morgan fingerprint density at radius 3 is 2.55 bits per heavy atom. The molecule has 11 heavy (non-hydrogen) atoms. The second-order valence-electron chi connectivity index (χ2n) is 3.04. The van der Waals surface area contributed by atoms with E-state index in [9.17, 15) is 4.65 Å². The van der Waals surface area contributed by atoms with Crippen LogP contribution in [-0.2, 0) is 9.39 Å². The molecule has 0 saturated carbocycles. The molecule has 0 aromatic carbocycles. The molecule has 0 saturated heterocycles. The Hall–Kier alpha value is -0.500. The van der Waals surface area contributed by atoms with Gasteiger partial charge in [-0.3, -0.25) is 0 Å². The summed E-state index contributed by atoms with van der Waals surface area (Å²) in [5, 5.41) is 9.04. The van der Waals surface area contributed by atoms with Crippen molar-refractivity contribution in [2.45, 2.75) is 45.3 Å². The molecule has 3 heteroatoms. The number of hydrogen-bond donors (Lipinski definition) is 1. The Morgan fingerprint density at radius 1 is 1.73 bits per heavy atom. The van der Waals surface area contributed by atoms with Gasteiger partial charge in [-0.2, -0.15) is 0 Å². The predicted molar refractivity (Wildman–Crippen MR) is 40.7 cm³/mol. The van der Waals surface area contributed by atoms with E-state index in [1.807, 2.05) is 6.92 Å². The summed E-state index contributed by atoms with van der Waals surface area (Å²) in [6.07, 6.45) is 2.10. The molecule has 0 aromatic rings. The van der Waals surface area contributed by atoms with Gasteiger partial charge in [0.25, 0.3) is 0 Å². The van der Waals surface area contributed by atoms with Crippen molar-refractivity contribution in [2.24, 2.45) is 0 Å². The van der Waals surface area contributed by atoms with Gasteiger partial charge in [-0.1, -0.05) is 0 Å². The zero-order valence-electron chi connectivity index (χ0n) is 7.26. The predicted octanol–water partition coefficient (Wildman–Crippen LogP) is 1.29. The summed E-state index contributed by atoms with van der Waals surface area (Å²) in [4.78, 5) is 0. The van der Waals surface area contributed by atoms with Crippen molar-refractivity contribution >= 4 is 0 Å². The van der Waals surface area contributed by atoms with Gasteiger partial charge in [0.05, 0.1) is 0 Å². The van der Waals surface area contributed by atoms with Crippen LogP contribution in [-0.4, -0.2) is 16.8 Å². The standard InChI is InChI=1S/C8H15O3/c1-4-8(3,11-6-9)5-7(2)10/h7,10H,4-5H2,1-3H3/q+1. The normalized spacial score (nSPS) is 18.1. The van der Waals surface area contributed by atoms with Crippen molar-refractivity contribution in [3.8, 4) is 6.33 Å². The molecule has 0 rings (SSSR count). The molecule has 2 atom stereocenters. The Balaban J connectivity index is 4.01. The van der Waals surface area contributed by atoms with Gasteiger partial charge in [-0.05, 0) is 0 Å². The van der Waals surface area contributed by atoms with Crippen LogP contribution in [0, 0.1) is 6.33 Å². The van der Waals surface area contributed by atoms with E-state index in [0.29, 0.717) is 12.8 Å². The molecule has 0 fully saturated rings. The Labute approximate surface area is 67.1 Å². The van der Waals surface area contributed by atoms with Crippen molar-refractivity contribution in [3.63, 3.8) is 0 Å².